The van der Waals surface area contributed by atoms with E-state index in [2.05, 4.69) is 5.32 Å². The maximum atomic E-state index is 11.9. The molecular formula is C18H25NO6. The summed E-state index contributed by atoms with van der Waals surface area (Å²) in [6, 6.07) is 8.76. The van der Waals surface area contributed by atoms with Crippen LogP contribution >= 0.6 is 0 Å². The fourth-order valence-corrected chi connectivity index (χ4v) is 2.33. The molecule has 1 saturated heterocycles. The molecule has 1 fully saturated rings. The largest absolute Gasteiger partial charge is 0.467 e. The topological polar surface area (TPSA) is 83.1 Å². The first-order chi connectivity index (χ1) is 11.8. The molecule has 0 aromatic heterocycles. The number of rotatable bonds is 6. The highest BCUT2D eigenvalue weighted by Crippen LogP contribution is 2.33. The van der Waals surface area contributed by atoms with E-state index in [4.69, 9.17) is 18.9 Å². The molecule has 0 aliphatic carbocycles. The van der Waals surface area contributed by atoms with Crippen LogP contribution in [-0.4, -0.2) is 37.1 Å². The van der Waals surface area contributed by atoms with Crippen LogP contribution in [-0.2, 0) is 23.7 Å². The fraction of sp³-hybridized carbons (Fsp3) is 0.556. The van der Waals surface area contributed by atoms with Gasteiger partial charge in [-0.05, 0) is 27.2 Å². The summed E-state index contributed by atoms with van der Waals surface area (Å²) in [7, 11) is 1.27. The van der Waals surface area contributed by atoms with Gasteiger partial charge in [-0.3, -0.25) is 0 Å². The molecule has 1 amide bonds. The number of carbonyl (C=O) groups is 2. The molecule has 0 saturated carbocycles. The molecular weight excluding hydrogens is 326 g/mol. The van der Waals surface area contributed by atoms with Crippen molar-refractivity contribution in [1.29, 1.82) is 0 Å². The second-order valence-electron chi connectivity index (χ2n) is 6.74. The van der Waals surface area contributed by atoms with Crippen LogP contribution in [0.1, 0.15) is 45.5 Å². The summed E-state index contributed by atoms with van der Waals surface area (Å²) in [5.74, 6) is -0.537. The molecule has 1 N–H and O–H groups in total. The van der Waals surface area contributed by atoms with E-state index in [1.54, 1.807) is 20.8 Å². The number of benzene rings is 1. The van der Waals surface area contributed by atoms with Gasteiger partial charge in [0.2, 0.25) is 0 Å². The van der Waals surface area contributed by atoms with Crippen molar-refractivity contribution in [3.63, 3.8) is 0 Å². The molecule has 1 aliphatic heterocycles. The third-order valence-electron chi connectivity index (χ3n) is 3.49. The van der Waals surface area contributed by atoms with E-state index in [1.807, 2.05) is 30.3 Å². The van der Waals surface area contributed by atoms with Gasteiger partial charge < -0.3 is 24.3 Å². The summed E-state index contributed by atoms with van der Waals surface area (Å²) < 4.78 is 21.2. The monoisotopic (exact) mass is 351 g/mol. The quantitative estimate of drug-likeness (QED) is 0.794. The van der Waals surface area contributed by atoms with Gasteiger partial charge in [0.05, 0.1) is 7.11 Å². The Labute approximate surface area is 147 Å². The molecule has 25 heavy (non-hydrogen) atoms. The lowest BCUT2D eigenvalue weighted by Crippen LogP contribution is -2.45. The van der Waals surface area contributed by atoms with Crippen molar-refractivity contribution < 1.29 is 28.5 Å². The van der Waals surface area contributed by atoms with Crippen LogP contribution in [0.15, 0.2) is 30.3 Å². The smallest absolute Gasteiger partial charge is 0.408 e. The third kappa shape index (κ3) is 6.03. The van der Waals surface area contributed by atoms with Crippen molar-refractivity contribution in [2.45, 2.75) is 57.8 Å². The van der Waals surface area contributed by atoms with Gasteiger partial charge in [0.1, 0.15) is 11.6 Å². The van der Waals surface area contributed by atoms with Crippen LogP contribution in [0.2, 0.25) is 0 Å². The van der Waals surface area contributed by atoms with Crippen LogP contribution in [0.3, 0.4) is 0 Å². The molecule has 138 valence electrons. The minimum atomic E-state index is -0.817. The Balaban J connectivity index is 1.79. The molecule has 1 aromatic rings. The molecule has 1 aliphatic rings. The lowest BCUT2D eigenvalue weighted by Gasteiger charge is -2.36. The summed E-state index contributed by atoms with van der Waals surface area (Å²) in [4.78, 5) is 23.7. The van der Waals surface area contributed by atoms with E-state index in [9.17, 15) is 9.59 Å². The average molecular weight is 351 g/mol. The van der Waals surface area contributed by atoms with Gasteiger partial charge in [-0.2, -0.15) is 0 Å². The Morgan fingerprint density at radius 1 is 1.20 bits per heavy atom. The van der Waals surface area contributed by atoms with Gasteiger partial charge in [-0.15, -0.1) is 0 Å². The lowest BCUT2D eigenvalue weighted by molar-refractivity contribution is -0.391. The number of ether oxygens (including phenoxy) is 4. The average Bonchev–Trinajstić information content (AvgIpc) is 2.50. The van der Waals surface area contributed by atoms with Crippen molar-refractivity contribution in [2.75, 3.05) is 7.11 Å². The maximum Gasteiger partial charge on any atom is 0.408 e. The van der Waals surface area contributed by atoms with E-state index in [0.29, 0.717) is 12.8 Å². The number of esters is 1. The molecule has 0 radical (unpaired) electrons. The minimum absolute atomic E-state index is 0.318. The van der Waals surface area contributed by atoms with E-state index >= 15 is 0 Å². The number of hydrogen-bond donors (Lipinski definition) is 1. The third-order valence-corrected chi connectivity index (χ3v) is 3.49. The Kier molecular flexibility index (Phi) is 6.39. The van der Waals surface area contributed by atoms with Crippen LogP contribution < -0.4 is 5.32 Å². The minimum Gasteiger partial charge on any atom is -0.467 e. The van der Waals surface area contributed by atoms with Crippen LogP contribution in [0, 0.1) is 0 Å². The molecule has 0 spiro atoms. The molecule has 1 aromatic carbocycles. The highest BCUT2D eigenvalue weighted by molar-refractivity contribution is 5.81. The van der Waals surface area contributed by atoms with E-state index in [1.165, 1.54) is 7.11 Å². The molecule has 1 heterocycles. The van der Waals surface area contributed by atoms with Gasteiger partial charge in [0, 0.05) is 12.0 Å². The summed E-state index contributed by atoms with van der Waals surface area (Å²) >= 11 is 0. The van der Waals surface area contributed by atoms with E-state index in [-0.39, 0.29) is 6.29 Å². The van der Waals surface area contributed by atoms with Crippen molar-refractivity contribution >= 4 is 12.1 Å². The predicted octanol–water partition coefficient (Wildman–Crippen LogP) is 2.90. The first-order valence-corrected chi connectivity index (χ1v) is 8.21. The second-order valence-corrected chi connectivity index (χ2v) is 6.74. The summed E-state index contributed by atoms with van der Waals surface area (Å²) in [6.07, 6.45) is -0.711. The molecule has 1 atom stereocenters. The van der Waals surface area contributed by atoms with Gasteiger partial charge >= 0.3 is 12.1 Å². The Bertz CT molecular complexity index is 577. The number of hydrogen-bond acceptors (Lipinski definition) is 6. The number of amides is 1. The number of alkyl carbamates (subject to hydrolysis) is 1. The summed E-state index contributed by atoms with van der Waals surface area (Å²) in [6.45, 7) is 5.25. The number of methoxy groups -OCH3 is 1. The van der Waals surface area contributed by atoms with Crippen molar-refractivity contribution in [3.8, 4) is 0 Å². The van der Waals surface area contributed by atoms with Gasteiger partial charge in [0.15, 0.2) is 12.6 Å². The SMILES string of the molecule is COC(=O)[C@H](CCC1OC(c2ccccc2)O1)NC(=O)OC(C)(C)C. The highest BCUT2D eigenvalue weighted by Gasteiger charge is 2.34. The van der Waals surface area contributed by atoms with E-state index < -0.39 is 30.0 Å². The van der Waals surface area contributed by atoms with Crippen LogP contribution in [0.25, 0.3) is 0 Å². The zero-order valence-corrected chi connectivity index (χ0v) is 15.0. The lowest BCUT2D eigenvalue weighted by atomic mass is 10.1. The normalized spacial score (nSPS) is 21.0. The van der Waals surface area contributed by atoms with Crippen LogP contribution in [0.5, 0.6) is 0 Å². The molecule has 2 rings (SSSR count). The van der Waals surface area contributed by atoms with Gasteiger partial charge in [-0.25, -0.2) is 9.59 Å². The first kappa shape index (κ1) is 19.2. The zero-order chi connectivity index (χ0) is 18.4. The van der Waals surface area contributed by atoms with Gasteiger partial charge in [0.25, 0.3) is 0 Å². The van der Waals surface area contributed by atoms with Crippen molar-refractivity contribution in [1.82, 2.24) is 5.32 Å². The Hall–Kier alpha value is -2.12. The number of carbonyl (C=O) groups excluding carboxylic acids is 2. The molecule has 7 nitrogen and oxygen atoms in total. The zero-order valence-electron chi connectivity index (χ0n) is 15.0. The summed E-state index contributed by atoms with van der Waals surface area (Å²) in [5.41, 5.74) is 0.295. The molecule has 0 unspecified atom stereocenters. The summed E-state index contributed by atoms with van der Waals surface area (Å²) in [5, 5.41) is 2.52. The highest BCUT2D eigenvalue weighted by atomic mass is 16.9. The van der Waals surface area contributed by atoms with Gasteiger partial charge in [-0.1, -0.05) is 30.3 Å². The number of nitrogens with one attached hydrogen (secondary N) is 1. The van der Waals surface area contributed by atoms with E-state index in [0.717, 1.165) is 5.56 Å². The second kappa shape index (κ2) is 8.31. The molecule has 0 bridgehead atoms. The Morgan fingerprint density at radius 3 is 2.40 bits per heavy atom. The van der Waals surface area contributed by atoms with Crippen molar-refractivity contribution in [3.05, 3.63) is 35.9 Å². The fourth-order valence-electron chi connectivity index (χ4n) is 2.33. The molecule has 7 heteroatoms. The predicted molar refractivity (Wildman–Crippen MR) is 89.5 cm³/mol. The van der Waals surface area contributed by atoms with Crippen LogP contribution in [0.4, 0.5) is 4.79 Å². The Morgan fingerprint density at radius 2 is 1.84 bits per heavy atom. The maximum absolute atomic E-state index is 11.9. The van der Waals surface area contributed by atoms with Crippen molar-refractivity contribution in [2.24, 2.45) is 0 Å². The first-order valence-electron chi connectivity index (χ1n) is 8.21. The standard InChI is InChI=1S/C18H25NO6/c1-18(2,3)25-17(21)19-13(15(20)22-4)10-11-14-23-16(24-14)12-8-6-5-7-9-12/h5-9,13-14,16H,10-11H2,1-4H3,(H,19,21)/t13-,14?,16?/m0/s1.